The summed E-state index contributed by atoms with van der Waals surface area (Å²) in [6, 6.07) is 15.7. The fraction of sp³-hybridized carbons (Fsp3) is 0. The SMILES string of the molecule is [2H]c1cc2c(-c3c4c([2H])c([2H])c([2H])c([2H])c4c(-c4ccccc4)c4c([2H])c([2H])c([2H])c([2H])c34)c([2H])c([2H])c([2H])c2c(-c2ccc3oc4ccccc4c3c2)c1[2H]. The van der Waals surface area contributed by atoms with Crippen LogP contribution in [0.4, 0.5) is 0 Å². The van der Waals surface area contributed by atoms with E-state index in [1.165, 1.54) is 6.07 Å². The number of hydrogen-bond acceptors (Lipinski definition) is 1. The molecule has 0 N–H and O–H groups in total. The maximum Gasteiger partial charge on any atom is 0.135 e. The number of para-hydroxylation sites is 1. The summed E-state index contributed by atoms with van der Waals surface area (Å²) >= 11 is 0. The third kappa shape index (κ3) is 3.65. The van der Waals surface area contributed by atoms with E-state index in [2.05, 4.69) is 0 Å². The van der Waals surface area contributed by atoms with Gasteiger partial charge in [0, 0.05) is 10.8 Å². The van der Waals surface area contributed by atoms with Gasteiger partial charge in [-0.1, -0.05) is 139 Å². The topological polar surface area (TPSA) is 13.1 Å². The molecular weight excluding hydrogens is 520 g/mol. The van der Waals surface area contributed by atoms with Crippen LogP contribution in [0.5, 0.6) is 0 Å². The van der Waals surface area contributed by atoms with Crippen molar-refractivity contribution in [1.29, 1.82) is 0 Å². The zero-order valence-corrected chi connectivity index (χ0v) is 22.4. The molecule has 0 saturated carbocycles. The van der Waals surface area contributed by atoms with Gasteiger partial charge in [-0.25, -0.2) is 0 Å². The van der Waals surface area contributed by atoms with Crippen molar-refractivity contribution >= 4 is 54.3 Å². The molecule has 0 fully saturated rings. The van der Waals surface area contributed by atoms with Gasteiger partial charge in [-0.15, -0.1) is 0 Å². The molecule has 1 aromatic heterocycles. The molecule has 1 heterocycles. The van der Waals surface area contributed by atoms with Crippen molar-refractivity contribution in [2.75, 3.05) is 0 Å². The van der Waals surface area contributed by atoms with E-state index < -0.39 is 66.5 Å². The van der Waals surface area contributed by atoms with Gasteiger partial charge in [-0.2, -0.15) is 0 Å². The highest BCUT2D eigenvalue weighted by molar-refractivity contribution is 6.24. The Morgan fingerprint density at radius 1 is 0.372 bits per heavy atom. The smallest absolute Gasteiger partial charge is 0.135 e. The lowest BCUT2D eigenvalue weighted by Crippen LogP contribution is -1.92. The minimum Gasteiger partial charge on any atom is -0.456 e. The van der Waals surface area contributed by atoms with Gasteiger partial charge in [0.15, 0.2) is 0 Å². The van der Waals surface area contributed by atoms with E-state index in [4.69, 9.17) is 14.0 Å². The van der Waals surface area contributed by atoms with E-state index in [1.54, 1.807) is 48.5 Å². The predicted molar refractivity (Wildman–Crippen MR) is 183 cm³/mol. The molecule has 0 bridgehead atoms. The minimum atomic E-state index is -0.627. The maximum absolute atomic E-state index is 9.43. The van der Waals surface area contributed by atoms with Crippen LogP contribution in [0.2, 0.25) is 0 Å². The highest BCUT2D eigenvalue weighted by Gasteiger charge is 2.18. The van der Waals surface area contributed by atoms with E-state index in [0.717, 1.165) is 5.39 Å². The molecule has 200 valence electrons. The lowest BCUT2D eigenvalue weighted by molar-refractivity contribution is 0.669. The van der Waals surface area contributed by atoms with Gasteiger partial charge >= 0.3 is 0 Å². The Kier molecular flexibility index (Phi) is 3.18. The number of fused-ring (bicyclic) bond motifs is 6. The van der Waals surface area contributed by atoms with Gasteiger partial charge < -0.3 is 4.42 Å². The largest absolute Gasteiger partial charge is 0.456 e. The van der Waals surface area contributed by atoms with Crippen LogP contribution in [0.25, 0.3) is 87.6 Å². The third-order valence-corrected chi connectivity index (χ3v) is 7.93. The monoisotopic (exact) mass is 559 g/mol. The molecular formula is C42H26O. The fourth-order valence-electron chi connectivity index (χ4n) is 6.06. The molecule has 0 aliphatic rings. The summed E-state index contributed by atoms with van der Waals surface area (Å²) in [6.07, 6.45) is 0. The van der Waals surface area contributed by atoms with Crippen LogP contribution in [0, 0.1) is 0 Å². The van der Waals surface area contributed by atoms with Crippen molar-refractivity contribution in [3.8, 4) is 33.4 Å². The van der Waals surface area contributed by atoms with Crippen LogP contribution in [-0.2, 0) is 0 Å². The third-order valence-electron chi connectivity index (χ3n) is 7.93. The summed E-state index contributed by atoms with van der Waals surface area (Å²) < 4.78 is 124. The molecule has 43 heavy (non-hydrogen) atoms. The molecule has 0 atom stereocenters. The minimum absolute atomic E-state index is 0.0178. The summed E-state index contributed by atoms with van der Waals surface area (Å²) in [5.74, 6) is 0. The van der Waals surface area contributed by atoms with Crippen LogP contribution >= 0.6 is 0 Å². The number of furan rings is 1. The van der Waals surface area contributed by atoms with Crippen LogP contribution in [0.15, 0.2) is 162 Å². The molecule has 1 nitrogen and oxygen atoms in total. The Labute approximate surface area is 267 Å². The number of hydrogen-bond donors (Lipinski definition) is 0. The molecule has 0 saturated heterocycles. The first-order valence-corrected chi connectivity index (χ1v) is 13.7. The van der Waals surface area contributed by atoms with Crippen molar-refractivity contribution in [2.45, 2.75) is 0 Å². The van der Waals surface area contributed by atoms with Crippen molar-refractivity contribution in [3.63, 3.8) is 0 Å². The van der Waals surface area contributed by atoms with Gasteiger partial charge in [0.2, 0.25) is 0 Å². The van der Waals surface area contributed by atoms with Crippen molar-refractivity contribution in [3.05, 3.63) is 157 Å². The van der Waals surface area contributed by atoms with Gasteiger partial charge in [0.25, 0.3) is 0 Å². The summed E-state index contributed by atoms with van der Waals surface area (Å²) in [6.45, 7) is 0. The molecule has 1 heteroatoms. The van der Waals surface area contributed by atoms with E-state index in [9.17, 15) is 8.22 Å². The summed E-state index contributed by atoms with van der Waals surface area (Å²) in [5.41, 5.74) is 1.93. The summed E-state index contributed by atoms with van der Waals surface area (Å²) in [4.78, 5) is 0. The van der Waals surface area contributed by atoms with Crippen molar-refractivity contribution in [1.82, 2.24) is 0 Å². The van der Waals surface area contributed by atoms with Gasteiger partial charge in [0.05, 0.1) is 17.8 Å². The first kappa shape index (κ1) is 14.5. The van der Waals surface area contributed by atoms with Crippen LogP contribution in [0.1, 0.15) is 17.8 Å². The number of rotatable bonds is 3. The van der Waals surface area contributed by atoms with Crippen LogP contribution in [-0.4, -0.2) is 0 Å². The quantitative estimate of drug-likeness (QED) is 0.196. The van der Waals surface area contributed by atoms with E-state index in [1.807, 2.05) is 24.3 Å². The standard InChI is InChI=1S/C42H26O/c1-2-12-27(13-3-1)41-34-15-4-6-17-36(34)42(37-18-7-5-16-35(37)41)33-22-11-20-30-29(19-10-21-31(30)33)28-24-25-40-38(26-28)32-14-8-9-23-39(32)43-40/h1-26H/i4D,5D,6D,7D,10D,11D,15D,16D,17D,18D,19D,20D,22D. The maximum atomic E-state index is 9.43. The molecule has 0 spiro atoms. The zero-order chi connectivity index (χ0) is 39.6. The first-order valence-electron chi connectivity index (χ1n) is 20.2. The zero-order valence-electron chi connectivity index (χ0n) is 35.4. The van der Waals surface area contributed by atoms with Gasteiger partial charge in [0.1, 0.15) is 11.2 Å². The summed E-state index contributed by atoms with van der Waals surface area (Å²) in [7, 11) is 0. The normalized spacial score (nSPS) is 16.0. The second kappa shape index (κ2) is 9.44. The number of benzene rings is 8. The molecule has 0 aliphatic heterocycles. The van der Waals surface area contributed by atoms with Crippen LogP contribution < -0.4 is 0 Å². The van der Waals surface area contributed by atoms with Crippen molar-refractivity contribution < 1.29 is 22.2 Å². The Hall–Kier alpha value is -5.66. The van der Waals surface area contributed by atoms with Crippen LogP contribution in [0.3, 0.4) is 0 Å². The van der Waals surface area contributed by atoms with E-state index >= 15 is 0 Å². The molecule has 0 aliphatic carbocycles. The Bertz CT molecular complexity index is 3150. The predicted octanol–water partition coefficient (Wildman–Crippen LogP) is 12.0. The average molecular weight is 560 g/mol. The Balaban J connectivity index is 1.56. The first-order chi connectivity index (χ1) is 26.7. The Morgan fingerprint density at radius 2 is 1.00 bits per heavy atom. The average Bonchev–Trinajstić information content (AvgIpc) is 3.58. The molecule has 8 aromatic carbocycles. The summed E-state index contributed by atoms with van der Waals surface area (Å²) in [5, 5.41) is 1.10. The van der Waals surface area contributed by atoms with E-state index in [0.29, 0.717) is 27.7 Å². The second-order valence-corrected chi connectivity index (χ2v) is 10.3. The highest BCUT2D eigenvalue weighted by Crippen LogP contribution is 2.46. The van der Waals surface area contributed by atoms with Gasteiger partial charge in [-0.3, -0.25) is 0 Å². The fourth-order valence-corrected chi connectivity index (χ4v) is 6.06. The molecule has 0 radical (unpaired) electrons. The lowest BCUT2D eigenvalue weighted by atomic mass is 9.84. The lowest BCUT2D eigenvalue weighted by Gasteiger charge is -2.19. The highest BCUT2D eigenvalue weighted by atomic mass is 16.3. The second-order valence-electron chi connectivity index (χ2n) is 10.3. The molecule has 9 aromatic rings. The van der Waals surface area contributed by atoms with E-state index in [-0.39, 0.29) is 66.7 Å². The molecule has 0 unspecified atom stereocenters. The Morgan fingerprint density at radius 3 is 1.77 bits per heavy atom. The van der Waals surface area contributed by atoms with Gasteiger partial charge in [-0.05, 0) is 83.9 Å². The van der Waals surface area contributed by atoms with Crippen molar-refractivity contribution in [2.24, 2.45) is 0 Å². The molecule has 0 amide bonds. The molecule has 9 rings (SSSR count).